The third-order valence-corrected chi connectivity index (χ3v) is 7.47. The highest BCUT2D eigenvalue weighted by Gasteiger charge is 2.42. The molecular weight excluding hydrogens is 543 g/mol. The first-order chi connectivity index (χ1) is 19.6. The number of alkyl halides is 3. The summed E-state index contributed by atoms with van der Waals surface area (Å²) in [6.07, 6.45) is -1.39. The summed E-state index contributed by atoms with van der Waals surface area (Å²) in [5, 5.41) is 11.6. The Balaban J connectivity index is 1.18. The Labute approximate surface area is 233 Å². The molecule has 0 bridgehead atoms. The molecule has 1 aliphatic heterocycles. The van der Waals surface area contributed by atoms with Gasteiger partial charge < -0.3 is 24.6 Å². The lowest BCUT2D eigenvalue weighted by Crippen LogP contribution is -2.51. The number of nitrogens with zero attached hydrogens (tertiary/aromatic N) is 4. The molecule has 13 heteroatoms. The van der Waals surface area contributed by atoms with Gasteiger partial charge in [0.1, 0.15) is 5.82 Å². The van der Waals surface area contributed by atoms with Gasteiger partial charge in [-0.25, -0.2) is 9.97 Å². The first-order valence-corrected chi connectivity index (χ1v) is 13.3. The second kappa shape index (κ2) is 11.6. The quantitative estimate of drug-likeness (QED) is 0.441. The van der Waals surface area contributed by atoms with Gasteiger partial charge in [0, 0.05) is 37.7 Å². The number of piperazine rings is 1. The number of aromatic nitrogens is 2. The zero-order valence-corrected chi connectivity index (χ0v) is 21.9. The van der Waals surface area contributed by atoms with Gasteiger partial charge in [0.25, 0.3) is 5.91 Å². The third kappa shape index (κ3) is 6.34. The normalized spacial score (nSPS) is 19.6. The van der Waals surface area contributed by atoms with Crippen LogP contribution in [-0.2, 0) is 15.8 Å². The Hall–Kier alpha value is -4.42. The number of hydrogen-bond donors (Lipinski definition) is 2. The molecule has 1 saturated heterocycles. The van der Waals surface area contributed by atoms with E-state index in [0.717, 1.165) is 0 Å². The van der Waals surface area contributed by atoms with Crippen LogP contribution < -0.4 is 10.2 Å². The molecular formula is C28H28F3N5O5. The maximum absolute atomic E-state index is 13.6. The minimum Gasteiger partial charge on any atom is -0.481 e. The average Bonchev–Trinajstić information content (AvgIpc) is 3.45. The summed E-state index contributed by atoms with van der Waals surface area (Å²) < 4.78 is 45.7. The van der Waals surface area contributed by atoms with Crippen molar-refractivity contribution in [2.75, 3.05) is 36.4 Å². The number of carbonyl (C=O) groups is 3. The zero-order valence-electron chi connectivity index (χ0n) is 21.9. The van der Waals surface area contributed by atoms with Crippen molar-refractivity contribution < 1.29 is 37.1 Å². The fourth-order valence-electron chi connectivity index (χ4n) is 5.21. The maximum atomic E-state index is 13.6. The van der Waals surface area contributed by atoms with Gasteiger partial charge in [0.2, 0.25) is 17.6 Å². The summed E-state index contributed by atoms with van der Waals surface area (Å²) in [5.41, 5.74) is -0.394. The summed E-state index contributed by atoms with van der Waals surface area (Å²) >= 11 is 0. The van der Waals surface area contributed by atoms with Crippen molar-refractivity contribution in [1.29, 1.82) is 0 Å². The summed E-state index contributed by atoms with van der Waals surface area (Å²) in [4.78, 5) is 48.8. The molecule has 5 rings (SSSR count). The average molecular weight is 572 g/mol. The smallest absolute Gasteiger partial charge is 0.452 e. The molecule has 2 aliphatic rings. The van der Waals surface area contributed by atoms with Crippen LogP contribution in [0.1, 0.15) is 41.9 Å². The highest BCUT2D eigenvalue weighted by Crippen LogP contribution is 2.36. The number of amides is 2. The van der Waals surface area contributed by atoms with Crippen LogP contribution in [0.3, 0.4) is 0 Å². The molecule has 2 aromatic heterocycles. The van der Waals surface area contributed by atoms with Crippen LogP contribution in [0.4, 0.5) is 24.7 Å². The molecule has 2 amide bonds. The van der Waals surface area contributed by atoms with Crippen LogP contribution in [0.5, 0.6) is 0 Å². The van der Waals surface area contributed by atoms with Gasteiger partial charge in [-0.15, -0.1) is 0 Å². The molecule has 10 nitrogen and oxygen atoms in total. The van der Waals surface area contributed by atoms with E-state index in [0.29, 0.717) is 63.2 Å². The number of carbonyl (C=O) groups excluding carboxylic acids is 2. The van der Waals surface area contributed by atoms with Gasteiger partial charge in [-0.2, -0.15) is 13.2 Å². The van der Waals surface area contributed by atoms with Gasteiger partial charge in [-0.1, -0.05) is 18.2 Å². The number of benzene rings is 1. The number of nitrogens with one attached hydrogen (secondary N) is 1. The van der Waals surface area contributed by atoms with Crippen molar-refractivity contribution in [3.05, 3.63) is 60.1 Å². The van der Waals surface area contributed by atoms with Crippen molar-refractivity contribution in [3.63, 3.8) is 0 Å². The van der Waals surface area contributed by atoms with Gasteiger partial charge >= 0.3 is 12.1 Å². The molecule has 1 saturated carbocycles. The largest absolute Gasteiger partial charge is 0.481 e. The number of hydrogen-bond acceptors (Lipinski definition) is 7. The number of aliphatic carboxylic acids is 1. The molecule has 2 N–H and O–H groups in total. The molecule has 0 atom stereocenters. The van der Waals surface area contributed by atoms with E-state index >= 15 is 0 Å². The lowest BCUT2D eigenvalue weighted by molar-refractivity contribution is -0.153. The molecule has 3 heterocycles. The number of carboxylic acid groups (broad SMARTS) is 1. The van der Waals surface area contributed by atoms with Gasteiger partial charge in [-0.3, -0.25) is 14.4 Å². The fraction of sp³-hybridized carbons (Fsp3) is 0.393. The predicted octanol–water partition coefficient (Wildman–Crippen LogP) is 4.55. The molecule has 0 spiro atoms. The van der Waals surface area contributed by atoms with E-state index in [1.165, 1.54) is 24.4 Å². The van der Waals surface area contributed by atoms with E-state index in [1.54, 1.807) is 29.2 Å². The van der Waals surface area contributed by atoms with Crippen molar-refractivity contribution in [2.24, 2.45) is 11.8 Å². The molecule has 1 aliphatic carbocycles. The lowest BCUT2D eigenvalue weighted by Gasteiger charge is -2.38. The minimum absolute atomic E-state index is 0.0565. The van der Waals surface area contributed by atoms with E-state index in [1.807, 2.05) is 4.90 Å². The third-order valence-electron chi connectivity index (χ3n) is 7.47. The summed E-state index contributed by atoms with van der Waals surface area (Å²) in [6, 6.07) is 11.2. The highest BCUT2D eigenvalue weighted by atomic mass is 19.4. The zero-order chi connectivity index (χ0) is 29.1. The van der Waals surface area contributed by atoms with Gasteiger partial charge in [0.05, 0.1) is 17.8 Å². The Bertz CT molecular complexity index is 1390. The SMILES string of the molecule is O=C(Nc1ccc(N2CCN(C(=O)C3CCC(C(=O)O)CC3)CC2)nc1)c1nc(-c2ccccc2)oc1C(F)(F)F. The summed E-state index contributed by atoms with van der Waals surface area (Å²) in [5.74, 6) is -3.55. The van der Waals surface area contributed by atoms with Crippen molar-refractivity contribution >= 4 is 29.3 Å². The standard InChI is InChI=1S/C28H28F3N5O5/c29-28(30,31)23-22(34-25(41-23)17-4-2-1-3-5-17)24(37)33-20-10-11-21(32-16-20)35-12-14-36(15-13-35)26(38)18-6-8-19(9-7-18)27(39)40/h1-5,10-11,16,18-19H,6-9,12-15H2,(H,33,37)(H,39,40). The van der Waals surface area contributed by atoms with E-state index < -0.39 is 29.5 Å². The maximum Gasteiger partial charge on any atom is 0.452 e. The number of anilines is 2. The first-order valence-electron chi connectivity index (χ1n) is 13.3. The Morgan fingerprint density at radius 3 is 2.17 bits per heavy atom. The number of rotatable bonds is 6. The molecule has 0 unspecified atom stereocenters. The van der Waals surface area contributed by atoms with Crippen LogP contribution in [0, 0.1) is 11.8 Å². The molecule has 2 fully saturated rings. The molecule has 41 heavy (non-hydrogen) atoms. The van der Waals surface area contributed by atoms with Crippen LogP contribution in [0.15, 0.2) is 53.1 Å². The lowest BCUT2D eigenvalue weighted by atomic mass is 9.81. The van der Waals surface area contributed by atoms with Crippen molar-refractivity contribution in [3.8, 4) is 11.5 Å². The van der Waals surface area contributed by atoms with Crippen molar-refractivity contribution in [1.82, 2.24) is 14.9 Å². The number of halogens is 3. The Morgan fingerprint density at radius 2 is 1.59 bits per heavy atom. The first kappa shape index (κ1) is 28.1. The Morgan fingerprint density at radius 1 is 0.927 bits per heavy atom. The van der Waals surface area contributed by atoms with Gasteiger partial charge in [-0.05, 0) is 49.9 Å². The van der Waals surface area contributed by atoms with Crippen LogP contribution in [0.2, 0.25) is 0 Å². The summed E-state index contributed by atoms with van der Waals surface area (Å²) in [7, 11) is 0. The molecule has 3 aromatic rings. The highest BCUT2D eigenvalue weighted by molar-refractivity contribution is 6.04. The predicted molar refractivity (Wildman–Crippen MR) is 141 cm³/mol. The number of pyridine rings is 1. The van der Waals surface area contributed by atoms with E-state index in [4.69, 9.17) is 9.52 Å². The van der Waals surface area contributed by atoms with Crippen LogP contribution in [0.25, 0.3) is 11.5 Å². The monoisotopic (exact) mass is 571 g/mol. The fourth-order valence-corrected chi connectivity index (χ4v) is 5.21. The van der Waals surface area contributed by atoms with E-state index in [-0.39, 0.29) is 29.3 Å². The second-order valence-electron chi connectivity index (χ2n) is 10.1. The number of carboxylic acids is 1. The van der Waals surface area contributed by atoms with Crippen molar-refractivity contribution in [2.45, 2.75) is 31.9 Å². The summed E-state index contributed by atoms with van der Waals surface area (Å²) in [6.45, 7) is 2.05. The van der Waals surface area contributed by atoms with Crippen LogP contribution in [-0.4, -0.2) is 63.9 Å². The molecule has 216 valence electrons. The van der Waals surface area contributed by atoms with Gasteiger partial charge in [0.15, 0.2) is 5.69 Å². The molecule has 0 radical (unpaired) electrons. The topological polar surface area (TPSA) is 129 Å². The van der Waals surface area contributed by atoms with Crippen LogP contribution >= 0.6 is 0 Å². The minimum atomic E-state index is -4.92. The Kier molecular flexibility index (Phi) is 7.95. The van der Waals surface area contributed by atoms with E-state index in [2.05, 4.69) is 15.3 Å². The second-order valence-corrected chi connectivity index (χ2v) is 10.1. The number of oxazole rings is 1. The van der Waals surface area contributed by atoms with E-state index in [9.17, 15) is 27.6 Å². The molecule has 1 aromatic carbocycles.